The molecule has 0 aromatic heterocycles. The molecule has 8 heteroatoms. The van der Waals surface area contributed by atoms with Crippen LogP contribution in [0.4, 0.5) is 17.6 Å². The van der Waals surface area contributed by atoms with Gasteiger partial charge in [0.2, 0.25) is 0 Å². The first-order chi connectivity index (χ1) is 17.5. The molecule has 1 saturated carbocycles. The van der Waals surface area contributed by atoms with Crippen molar-refractivity contribution < 1.29 is 37.2 Å². The maximum absolute atomic E-state index is 13.8. The SMILES string of the molecule is CC(C)c1cc2c(c(-c3ccc(F)cc3)c1C(O)c1ccc(OC(F)(F)F)cc1)[C@@H](O)CC1(CCC1)O2. The molecule has 1 fully saturated rings. The summed E-state index contributed by atoms with van der Waals surface area (Å²) in [5, 5.41) is 23.0. The van der Waals surface area contributed by atoms with E-state index in [1.165, 1.54) is 24.3 Å². The number of aliphatic hydroxyl groups excluding tert-OH is 2. The van der Waals surface area contributed by atoms with Crippen molar-refractivity contribution in [1.29, 1.82) is 0 Å². The molecular weight excluding hydrogens is 488 g/mol. The van der Waals surface area contributed by atoms with Crippen molar-refractivity contribution in [1.82, 2.24) is 0 Å². The molecule has 2 N–H and O–H groups in total. The number of hydrogen-bond acceptors (Lipinski definition) is 4. The van der Waals surface area contributed by atoms with Crippen LogP contribution in [0.5, 0.6) is 11.5 Å². The molecule has 3 aromatic rings. The fourth-order valence-electron chi connectivity index (χ4n) is 5.45. The number of rotatable bonds is 5. The Balaban J connectivity index is 1.69. The van der Waals surface area contributed by atoms with Gasteiger partial charge in [-0.2, -0.15) is 0 Å². The third-order valence-corrected chi connectivity index (χ3v) is 7.35. The molecule has 3 aromatic carbocycles. The van der Waals surface area contributed by atoms with Crippen LogP contribution in [0, 0.1) is 5.82 Å². The van der Waals surface area contributed by atoms with Crippen LogP contribution in [-0.2, 0) is 0 Å². The van der Waals surface area contributed by atoms with Gasteiger partial charge in [-0.1, -0.05) is 38.1 Å². The summed E-state index contributed by atoms with van der Waals surface area (Å²) in [5.41, 5.74) is 2.88. The number of alkyl halides is 3. The summed E-state index contributed by atoms with van der Waals surface area (Å²) in [7, 11) is 0. The Morgan fingerprint density at radius 1 is 1.03 bits per heavy atom. The molecule has 4 nitrogen and oxygen atoms in total. The fourth-order valence-corrected chi connectivity index (χ4v) is 5.45. The van der Waals surface area contributed by atoms with Crippen molar-refractivity contribution in [2.75, 3.05) is 0 Å². The van der Waals surface area contributed by atoms with Gasteiger partial charge in [-0.05, 0) is 83.3 Å². The maximum atomic E-state index is 13.8. The summed E-state index contributed by atoms with van der Waals surface area (Å²) in [4.78, 5) is 0. The fraction of sp³-hybridized carbons (Fsp3) is 0.379. The number of hydrogen-bond donors (Lipinski definition) is 2. The minimum Gasteiger partial charge on any atom is -0.487 e. The summed E-state index contributed by atoms with van der Waals surface area (Å²) in [5.74, 6) is -0.343. The van der Waals surface area contributed by atoms with Crippen LogP contribution in [0.25, 0.3) is 11.1 Å². The van der Waals surface area contributed by atoms with Gasteiger partial charge in [0.15, 0.2) is 0 Å². The summed E-state index contributed by atoms with van der Waals surface area (Å²) in [6, 6.07) is 12.7. The summed E-state index contributed by atoms with van der Waals surface area (Å²) in [6.45, 7) is 3.93. The molecule has 2 atom stereocenters. The van der Waals surface area contributed by atoms with E-state index in [9.17, 15) is 27.8 Å². The molecule has 196 valence electrons. The average molecular weight is 517 g/mol. The van der Waals surface area contributed by atoms with Gasteiger partial charge in [-0.25, -0.2) is 4.39 Å². The Morgan fingerprint density at radius 3 is 2.22 bits per heavy atom. The van der Waals surface area contributed by atoms with E-state index >= 15 is 0 Å². The van der Waals surface area contributed by atoms with Crippen LogP contribution >= 0.6 is 0 Å². The molecule has 2 aliphatic rings. The lowest BCUT2D eigenvalue weighted by Gasteiger charge is -2.47. The third kappa shape index (κ3) is 4.92. The Labute approximate surface area is 212 Å². The predicted molar refractivity (Wildman–Crippen MR) is 130 cm³/mol. The van der Waals surface area contributed by atoms with Gasteiger partial charge in [-0.3, -0.25) is 0 Å². The van der Waals surface area contributed by atoms with Gasteiger partial charge in [0.25, 0.3) is 0 Å². The van der Waals surface area contributed by atoms with Crippen LogP contribution in [-0.4, -0.2) is 22.2 Å². The van der Waals surface area contributed by atoms with Crippen molar-refractivity contribution in [3.8, 4) is 22.6 Å². The molecule has 1 spiro atoms. The average Bonchev–Trinajstić information content (AvgIpc) is 2.81. The first kappa shape index (κ1) is 25.5. The van der Waals surface area contributed by atoms with Crippen molar-refractivity contribution >= 4 is 0 Å². The van der Waals surface area contributed by atoms with Crippen LogP contribution in [0.2, 0.25) is 0 Å². The number of benzene rings is 3. The lowest BCUT2D eigenvalue weighted by atomic mass is 9.71. The highest BCUT2D eigenvalue weighted by molar-refractivity contribution is 5.78. The number of aliphatic hydroxyl groups is 2. The molecule has 0 saturated heterocycles. The largest absolute Gasteiger partial charge is 0.573 e. The zero-order chi connectivity index (χ0) is 26.5. The molecule has 1 aliphatic carbocycles. The molecule has 0 bridgehead atoms. The van der Waals surface area contributed by atoms with Crippen molar-refractivity contribution in [2.24, 2.45) is 0 Å². The van der Waals surface area contributed by atoms with Gasteiger partial charge >= 0.3 is 6.36 Å². The van der Waals surface area contributed by atoms with E-state index < -0.39 is 35.7 Å². The van der Waals surface area contributed by atoms with Gasteiger partial charge in [-0.15, -0.1) is 13.2 Å². The van der Waals surface area contributed by atoms with E-state index in [0.717, 1.165) is 37.0 Å². The second kappa shape index (κ2) is 9.33. The topological polar surface area (TPSA) is 58.9 Å². The van der Waals surface area contributed by atoms with Gasteiger partial charge in [0.1, 0.15) is 29.0 Å². The summed E-state index contributed by atoms with van der Waals surface area (Å²) < 4.78 is 62.1. The van der Waals surface area contributed by atoms with E-state index in [1.54, 1.807) is 12.1 Å². The summed E-state index contributed by atoms with van der Waals surface area (Å²) >= 11 is 0. The smallest absolute Gasteiger partial charge is 0.487 e. The van der Waals surface area contributed by atoms with Crippen molar-refractivity contribution in [3.05, 3.63) is 82.7 Å². The van der Waals surface area contributed by atoms with E-state index in [1.807, 2.05) is 19.9 Å². The molecule has 1 heterocycles. The molecule has 0 amide bonds. The quantitative estimate of drug-likeness (QED) is 0.349. The molecule has 37 heavy (non-hydrogen) atoms. The first-order valence-electron chi connectivity index (χ1n) is 12.3. The van der Waals surface area contributed by atoms with Crippen molar-refractivity contribution in [2.45, 2.75) is 69.6 Å². The van der Waals surface area contributed by atoms with Gasteiger partial charge in [0.05, 0.1) is 6.10 Å². The Kier molecular flexibility index (Phi) is 6.44. The Bertz CT molecular complexity index is 1280. The van der Waals surface area contributed by atoms with Crippen LogP contribution < -0.4 is 9.47 Å². The molecular formula is C29H28F4O4. The zero-order valence-electron chi connectivity index (χ0n) is 20.5. The van der Waals surface area contributed by atoms with E-state index in [0.29, 0.717) is 40.0 Å². The number of ether oxygens (including phenoxy) is 2. The normalized spacial score (nSPS) is 19.2. The molecule has 0 radical (unpaired) electrons. The lowest BCUT2D eigenvalue weighted by molar-refractivity contribution is -0.274. The maximum Gasteiger partial charge on any atom is 0.573 e. The Hall–Kier alpha value is -3.10. The van der Waals surface area contributed by atoms with Crippen LogP contribution in [0.3, 0.4) is 0 Å². The molecule has 5 rings (SSSR count). The second-order valence-corrected chi connectivity index (χ2v) is 10.2. The molecule has 1 unspecified atom stereocenters. The van der Waals surface area contributed by atoms with Gasteiger partial charge in [0, 0.05) is 12.0 Å². The number of halogens is 4. The third-order valence-electron chi connectivity index (χ3n) is 7.35. The minimum absolute atomic E-state index is 0.0676. The van der Waals surface area contributed by atoms with E-state index in [-0.39, 0.29) is 5.92 Å². The minimum atomic E-state index is -4.83. The van der Waals surface area contributed by atoms with E-state index in [4.69, 9.17) is 4.74 Å². The zero-order valence-corrected chi connectivity index (χ0v) is 20.5. The second-order valence-electron chi connectivity index (χ2n) is 10.2. The standard InChI is InChI=1S/C29H28F4O4/c1-16(2)21-14-23-26(22(34)15-28(37-23)12-3-13-28)24(17-4-8-19(30)9-5-17)25(21)27(35)18-6-10-20(11-7-18)36-29(31,32)33/h4-11,14,16,22,27,34-35H,3,12-13,15H2,1-2H3/t22-,27?/m0/s1. The first-order valence-corrected chi connectivity index (χ1v) is 12.3. The Morgan fingerprint density at radius 2 is 1.68 bits per heavy atom. The predicted octanol–water partition coefficient (Wildman–Crippen LogP) is 7.34. The highest BCUT2D eigenvalue weighted by atomic mass is 19.4. The van der Waals surface area contributed by atoms with Gasteiger partial charge < -0.3 is 19.7 Å². The van der Waals surface area contributed by atoms with E-state index in [2.05, 4.69) is 4.74 Å². The lowest BCUT2D eigenvalue weighted by Crippen LogP contribution is -2.47. The van der Waals surface area contributed by atoms with Crippen molar-refractivity contribution in [3.63, 3.8) is 0 Å². The highest BCUT2D eigenvalue weighted by Crippen LogP contribution is 2.54. The monoisotopic (exact) mass is 516 g/mol. The van der Waals surface area contributed by atoms with Crippen LogP contribution in [0.15, 0.2) is 54.6 Å². The summed E-state index contributed by atoms with van der Waals surface area (Å²) in [6.07, 6.45) is -3.80. The number of fused-ring (bicyclic) bond motifs is 1. The van der Waals surface area contributed by atoms with Crippen LogP contribution in [0.1, 0.15) is 79.9 Å². The molecule has 1 aliphatic heterocycles. The highest BCUT2D eigenvalue weighted by Gasteiger charge is 2.47.